The van der Waals surface area contributed by atoms with Crippen molar-refractivity contribution < 1.29 is 61.0 Å². The second-order valence-electron chi connectivity index (χ2n) is 10.2. The minimum Gasteiger partial charge on any atom is -0.404 e. The molecule has 6 aromatic rings. The van der Waals surface area contributed by atoms with E-state index in [1.165, 1.54) is 51.8 Å². The van der Waals surface area contributed by atoms with Crippen LogP contribution in [0.5, 0.6) is 5.75 Å². The van der Waals surface area contributed by atoms with Crippen molar-refractivity contribution in [1.82, 2.24) is 29.5 Å². The Morgan fingerprint density at radius 3 is 2.31 bits per heavy atom. The number of ether oxygens (including phenoxy) is 1. The number of rotatable bonds is 11. The molecule has 49 heavy (non-hydrogen) atoms. The van der Waals surface area contributed by atoms with E-state index < -0.39 is 54.6 Å². The molecule has 0 aliphatic carbocycles. The van der Waals surface area contributed by atoms with Crippen LogP contribution in [0.1, 0.15) is 6.23 Å². The van der Waals surface area contributed by atoms with Gasteiger partial charge in [-0.25, -0.2) is 38.6 Å². The Bertz CT molecular complexity index is 2320. The molecule has 0 amide bonds. The molecular formula is C24H22N7O13P3S2. The summed E-state index contributed by atoms with van der Waals surface area (Å²) in [6.45, 7) is -0.965. The van der Waals surface area contributed by atoms with Gasteiger partial charge in [0.25, 0.3) is 0 Å². The van der Waals surface area contributed by atoms with E-state index in [9.17, 15) is 38.6 Å². The number of phosphoric acid groups is 3. The molecule has 25 heteroatoms. The summed E-state index contributed by atoms with van der Waals surface area (Å²) in [6.07, 6.45) is -3.75. The summed E-state index contributed by atoms with van der Waals surface area (Å²) in [7, 11) is -16.8. The number of aromatic nitrogens is 6. The van der Waals surface area contributed by atoms with Crippen molar-refractivity contribution in [2.45, 2.75) is 24.5 Å². The van der Waals surface area contributed by atoms with Crippen LogP contribution in [0, 0.1) is 0 Å². The van der Waals surface area contributed by atoms with Gasteiger partial charge in [-0.15, -0.1) is 22.7 Å². The number of benzene rings is 2. The van der Waals surface area contributed by atoms with Crippen molar-refractivity contribution in [3.05, 3.63) is 55.1 Å². The van der Waals surface area contributed by atoms with E-state index in [2.05, 4.69) is 38.1 Å². The Morgan fingerprint density at radius 1 is 0.857 bits per heavy atom. The summed E-state index contributed by atoms with van der Waals surface area (Å²) in [5.74, 6) is -0.221. The summed E-state index contributed by atoms with van der Waals surface area (Å²) >= 11 is 2.65. The molecule has 4 aromatic heterocycles. The second-order valence-corrected chi connectivity index (χ2v) is 16.8. The number of hydrogen-bond donors (Lipinski definition) is 6. The van der Waals surface area contributed by atoms with E-state index >= 15 is 0 Å². The average Bonchev–Trinajstić information content (AvgIpc) is 3.80. The lowest BCUT2D eigenvalue weighted by Crippen LogP contribution is -2.33. The smallest absolute Gasteiger partial charge is 0.404 e. The first kappa shape index (κ1) is 34.2. The van der Waals surface area contributed by atoms with Crippen LogP contribution in [0.15, 0.2) is 55.1 Å². The largest absolute Gasteiger partial charge is 0.536 e. The molecule has 258 valence electrons. The first-order chi connectivity index (χ1) is 23.2. The molecule has 2 aromatic carbocycles. The Labute approximate surface area is 281 Å². The molecule has 7 N–H and O–H groups in total. The van der Waals surface area contributed by atoms with E-state index in [0.717, 1.165) is 16.5 Å². The second kappa shape index (κ2) is 12.8. The van der Waals surface area contributed by atoms with Gasteiger partial charge in [0, 0.05) is 6.07 Å². The van der Waals surface area contributed by atoms with E-state index in [4.69, 9.17) is 15.0 Å². The molecule has 0 saturated carbocycles. The molecule has 1 aliphatic rings. The van der Waals surface area contributed by atoms with Gasteiger partial charge in [-0.2, -0.15) is 8.62 Å². The number of thiazole rings is 2. The van der Waals surface area contributed by atoms with Crippen LogP contribution in [0.25, 0.3) is 41.6 Å². The number of aliphatic hydroxyl groups excluding tert-OH is 2. The van der Waals surface area contributed by atoms with Crippen molar-refractivity contribution in [3.8, 4) is 15.8 Å². The normalized spacial score (nSPS) is 23.4. The number of hydrogen-bond acceptors (Lipinski definition) is 18. The highest BCUT2D eigenvalue weighted by Crippen LogP contribution is 2.67. The molecule has 1 aliphatic heterocycles. The van der Waals surface area contributed by atoms with E-state index in [0.29, 0.717) is 20.2 Å². The third-order valence-electron chi connectivity index (χ3n) is 6.87. The number of fused-ring (bicyclic) bond motifs is 3. The third kappa shape index (κ3) is 7.16. The topological polar surface area (TPSA) is 294 Å². The van der Waals surface area contributed by atoms with Crippen LogP contribution >= 0.6 is 46.1 Å². The van der Waals surface area contributed by atoms with Gasteiger partial charge in [0.15, 0.2) is 27.7 Å². The fourth-order valence-corrected chi connectivity index (χ4v) is 10.3. The van der Waals surface area contributed by atoms with Crippen molar-refractivity contribution >= 4 is 83.6 Å². The highest BCUT2D eigenvalue weighted by atomic mass is 32.1. The molecule has 5 heterocycles. The lowest BCUT2D eigenvalue weighted by molar-refractivity contribution is -0.0503. The summed E-state index contributed by atoms with van der Waals surface area (Å²) in [5.41, 5.74) is 7.41. The highest BCUT2D eigenvalue weighted by Gasteiger charge is 2.47. The zero-order valence-electron chi connectivity index (χ0n) is 24.1. The fraction of sp³-hybridized carbons (Fsp3) is 0.208. The molecule has 3 unspecified atom stereocenters. The van der Waals surface area contributed by atoms with E-state index in [-0.39, 0.29) is 22.7 Å². The van der Waals surface area contributed by atoms with Gasteiger partial charge in [0.2, 0.25) is 0 Å². The number of nitrogen functional groups attached to an aromatic ring is 1. The van der Waals surface area contributed by atoms with Gasteiger partial charge in [-0.05, 0) is 24.3 Å². The van der Waals surface area contributed by atoms with Crippen LogP contribution < -0.4 is 10.3 Å². The van der Waals surface area contributed by atoms with Crippen molar-refractivity contribution in [2.24, 2.45) is 0 Å². The summed E-state index contributed by atoms with van der Waals surface area (Å²) in [4.78, 5) is 51.2. The molecule has 7 rings (SSSR count). The van der Waals surface area contributed by atoms with Crippen molar-refractivity contribution in [1.29, 1.82) is 0 Å². The van der Waals surface area contributed by atoms with Crippen LogP contribution in [0.4, 0.5) is 5.82 Å². The van der Waals surface area contributed by atoms with Gasteiger partial charge < -0.3 is 35.0 Å². The summed E-state index contributed by atoms with van der Waals surface area (Å²) in [6, 6.07) is 11.6. The summed E-state index contributed by atoms with van der Waals surface area (Å²) < 4.78 is 63.8. The first-order valence-corrected chi connectivity index (χ1v) is 19.8. The van der Waals surface area contributed by atoms with E-state index in [1.54, 1.807) is 0 Å². The molecule has 1 saturated heterocycles. The predicted octanol–water partition coefficient (Wildman–Crippen LogP) is 3.34. The minimum absolute atomic E-state index is 0.0412. The maximum absolute atomic E-state index is 12.6. The quantitative estimate of drug-likeness (QED) is 0.103. The average molecular weight is 774 g/mol. The molecule has 1 fully saturated rings. The van der Waals surface area contributed by atoms with Crippen molar-refractivity contribution in [2.75, 3.05) is 12.3 Å². The minimum atomic E-state index is -5.83. The molecule has 0 bridgehead atoms. The molecule has 7 atom stereocenters. The van der Waals surface area contributed by atoms with Gasteiger partial charge in [0.1, 0.15) is 35.9 Å². The SMILES string of the molecule is Nc1ncnc2c1ncn2[C@@H]1O[C@H](COP(=O)(O)OP(=O)(O)OP(=O)(O)Oc2ccc3nc(-c4nc5ccccc5s4)sc3c2)[C@@H](O)[C@H]1O. The molecule has 20 nitrogen and oxygen atoms in total. The number of nitrogens with zero attached hydrogens (tertiary/aromatic N) is 6. The van der Waals surface area contributed by atoms with Crippen LogP contribution in [-0.4, -0.2) is 79.3 Å². The maximum Gasteiger partial charge on any atom is 0.536 e. The van der Waals surface area contributed by atoms with Gasteiger partial charge >= 0.3 is 23.5 Å². The number of phosphoric ester groups is 2. The lowest BCUT2D eigenvalue weighted by atomic mass is 10.1. The van der Waals surface area contributed by atoms with Crippen LogP contribution in [0.3, 0.4) is 0 Å². The van der Waals surface area contributed by atoms with Crippen LogP contribution in [0.2, 0.25) is 0 Å². The fourth-order valence-electron chi connectivity index (χ4n) is 4.79. The number of aliphatic hydroxyl groups is 2. The summed E-state index contributed by atoms with van der Waals surface area (Å²) in [5, 5.41) is 22.2. The van der Waals surface area contributed by atoms with Crippen LogP contribution in [-0.2, 0) is 31.6 Å². The van der Waals surface area contributed by atoms with Gasteiger partial charge in [-0.1, -0.05) is 12.1 Å². The van der Waals surface area contributed by atoms with Crippen molar-refractivity contribution in [3.63, 3.8) is 0 Å². The Morgan fingerprint density at radius 2 is 1.55 bits per heavy atom. The molecule has 0 radical (unpaired) electrons. The first-order valence-electron chi connectivity index (χ1n) is 13.6. The number of anilines is 1. The highest BCUT2D eigenvalue weighted by molar-refractivity contribution is 7.67. The van der Waals surface area contributed by atoms with Gasteiger partial charge in [0.05, 0.1) is 33.4 Å². The number of para-hydroxylation sites is 1. The molecule has 0 spiro atoms. The number of imidazole rings is 1. The predicted molar refractivity (Wildman–Crippen MR) is 172 cm³/mol. The third-order valence-corrected chi connectivity index (χ3v) is 13.3. The maximum atomic E-state index is 12.6. The standard InChI is InChI=1S/C24H22N7O13P3S2/c25-20-17-21(27-9-26-20)31(10-28-17)24-19(33)18(32)14(41-24)8-40-45(34,35)43-47(38,39)44-46(36,37)42-11-5-6-13-16(7-11)49-23(30-13)22-29-12-3-1-2-4-15(12)48-22/h1-7,9-10,14,18-19,24,32-33H,8H2,(H,34,35)(H,36,37)(H,38,39)(H2,25,26,27)/t14-,18-,19-,24-/m1/s1. The Hall–Kier alpha value is -3.30. The Kier molecular flexibility index (Phi) is 8.92. The van der Waals surface area contributed by atoms with E-state index in [1.807, 2.05) is 24.3 Å². The Balaban J connectivity index is 0.974. The molecular weight excluding hydrogens is 751 g/mol. The van der Waals surface area contributed by atoms with Gasteiger partial charge in [-0.3, -0.25) is 14.0 Å². The lowest BCUT2D eigenvalue weighted by Gasteiger charge is -2.20. The monoisotopic (exact) mass is 773 g/mol. The number of nitrogens with two attached hydrogens (primary N) is 1. The zero-order chi connectivity index (χ0) is 34.7. The zero-order valence-corrected chi connectivity index (χ0v) is 28.4.